The van der Waals surface area contributed by atoms with E-state index in [1.807, 2.05) is 27.7 Å². The first-order valence-corrected chi connectivity index (χ1v) is 5.74. The van der Waals surface area contributed by atoms with Crippen LogP contribution in [0.1, 0.15) is 39.9 Å². The molecule has 0 radical (unpaired) electrons. The Morgan fingerprint density at radius 1 is 1.59 bits per heavy atom. The van der Waals surface area contributed by atoms with Gasteiger partial charge in [-0.25, -0.2) is 0 Å². The Morgan fingerprint density at radius 3 is 2.65 bits per heavy atom. The second-order valence-corrected chi connectivity index (χ2v) is 4.94. The topological polar surface area (TPSA) is 64.4 Å². The van der Waals surface area contributed by atoms with Gasteiger partial charge in [0.2, 0.25) is 0 Å². The largest absolute Gasteiger partial charge is 0.363 e. The quantitative estimate of drug-likeness (QED) is 0.878. The molecule has 1 amide bonds. The van der Waals surface area contributed by atoms with Crippen molar-refractivity contribution in [1.82, 2.24) is 5.16 Å². The molecule has 0 spiro atoms. The molecule has 0 aliphatic heterocycles. The third-order valence-electron chi connectivity index (χ3n) is 2.04. The zero-order valence-electron chi connectivity index (χ0n) is 11.0. The Morgan fingerprint density at radius 2 is 2.24 bits per heavy atom. The second-order valence-electron chi connectivity index (χ2n) is 4.94. The fourth-order valence-corrected chi connectivity index (χ4v) is 1.38. The summed E-state index contributed by atoms with van der Waals surface area (Å²) in [4.78, 5) is 11.9. The van der Waals surface area contributed by atoms with Crippen molar-refractivity contribution in [2.24, 2.45) is 0 Å². The van der Waals surface area contributed by atoms with Crippen molar-refractivity contribution >= 4 is 11.7 Å². The average molecular weight is 240 g/mol. The first kappa shape index (κ1) is 13.7. The van der Waals surface area contributed by atoms with E-state index in [0.29, 0.717) is 18.0 Å². The van der Waals surface area contributed by atoms with Gasteiger partial charge in [-0.15, -0.1) is 0 Å². The highest BCUT2D eigenvalue weighted by molar-refractivity contribution is 5.93. The predicted octanol–water partition coefficient (Wildman–Crippen LogP) is 2.52. The number of carbonyl (C=O) groups is 1. The summed E-state index contributed by atoms with van der Waals surface area (Å²) >= 11 is 0. The minimum atomic E-state index is -0.480. The third-order valence-corrected chi connectivity index (χ3v) is 2.04. The normalized spacial score (nSPS) is 13.5. The monoisotopic (exact) mass is 240 g/mol. The van der Waals surface area contributed by atoms with Crippen molar-refractivity contribution < 1.29 is 14.1 Å². The van der Waals surface area contributed by atoms with Crippen molar-refractivity contribution in [2.75, 3.05) is 5.32 Å². The molecule has 0 aromatic carbocycles. The molecule has 1 atom stereocenters. The van der Waals surface area contributed by atoms with Gasteiger partial charge in [-0.2, -0.15) is 0 Å². The lowest BCUT2D eigenvalue weighted by molar-refractivity contribution is -0.137. The Bertz CT molecular complexity index is 379. The Kier molecular flexibility index (Phi) is 4.28. The summed E-state index contributed by atoms with van der Waals surface area (Å²) < 4.78 is 10.5. The predicted molar refractivity (Wildman–Crippen MR) is 64.8 cm³/mol. The molecule has 0 fully saturated rings. The summed E-state index contributed by atoms with van der Waals surface area (Å²) in [6.07, 6.45) is 0.131. The highest BCUT2D eigenvalue weighted by atomic mass is 16.5. The molecule has 0 bridgehead atoms. The van der Waals surface area contributed by atoms with Crippen molar-refractivity contribution in [2.45, 2.75) is 52.7 Å². The summed E-state index contributed by atoms with van der Waals surface area (Å²) in [6, 6.07) is 1.67. The molecule has 0 saturated heterocycles. The Hall–Kier alpha value is -1.36. The zero-order valence-corrected chi connectivity index (χ0v) is 11.0. The van der Waals surface area contributed by atoms with Gasteiger partial charge in [0.15, 0.2) is 5.82 Å². The molecular formula is C12H20N2O3. The number of carbonyl (C=O) groups excluding carboxylic acids is 1. The average Bonchev–Trinajstić information content (AvgIpc) is 2.59. The van der Waals surface area contributed by atoms with Gasteiger partial charge in [-0.1, -0.05) is 12.1 Å². The summed E-state index contributed by atoms with van der Waals surface area (Å²) in [5.74, 6) is 0.879. The van der Waals surface area contributed by atoms with Gasteiger partial charge in [0.25, 0.3) is 5.91 Å². The van der Waals surface area contributed by atoms with Crippen LogP contribution in [0, 0.1) is 6.92 Å². The van der Waals surface area contributed by atoms with E-state index in [0.717, 1.165) is 0 Å². The molecule has 96 valence electrons. The van der Waals surface area contributed by atoms with Crippen LogP contribution in [0.5, 0.6) is 0 Å². The maximum absolute atomic E-state index is 11.9. The fourth-order valence-electron chi connectivity index (χ4n) is 1.38. The minimum Gasteiger partial charge on any atom is -0.363 e. The maximum Gasteiger partial charge on any atom is 0.254 e. The van der Waals surface area contributed by atoms with Crippen LogP contribution in [-0.4, -0.2) is 22.8 Å². The number of aromatic nitrogens is 1. The summed E-state index contributed by atoms with van der Waals surface area (Å²) in [5.41, 5.74) is -0.349. The second kappa shape index (κ2) is 5.31. The van der Waals surface area contributed by atoms with Crippen LogP contribution in [0.2, 0.25) is 0 Å². The molecule has 5 nitrogen and oxygen atoms in total. The van der Waals surface area contributed by atoms with Crippen molar-refractivity contribution in [1.29, 1.82) is 0 Å². The number of anilines is 1. The molecular weight excluding hydrogens is 220 g/mol. The molecule has 0 saturated carbocycles. The van der Waals surface area contributed by atoms with Crippen LogP contribution in [0.3, 0.4) is 0 Å². The van der Waals surface area contributed by atoms with Crippen molar-refractivity contribution in [3.63, 3.8) is 0 Å². The van der Waals surface area contributed by atoms with Gasteiger partial charge < -0.3 is 14.6 Å². The van der Waals surface area contributed by atoms with Gasteiger partial charge in [0.05, 0.1) is 5.60 Å². The van der Waals surface area contributed by atoms with Gasteiger partial charge in [0.1, 0.15) is 11.9 Å². The smallest absolute Gasteiger partial charge is 0.254 e. The number of amides is 1. The SMILES string of the molecule is CCC(OC(C)(C)C)C(=O)Nc1cc(C)on1. The summed E-state index contributed by atoms with van der Waals surface area (Å²) in [7, 11) is 0. The zero-order chi connectivity index (χ0) is 13.1. The number of nitrogens with one attached hydrogen (secondary N) is 1. The minimum absolute atomic E-state index is 0.198. The van der Waals surface area contributed by atoms with Gasteiger partial charge in [-0.3, -0.25) is 4.79 Å². The van der Waals surface area contributed by atoms with Crippen LogP contribution in [0.4, 0.5) is 5.82 Å². The van der Waals surface area contributed by atoms with E-state index in [1.54, 1.807) is 13.0 Å². The number of ether oxygens (including phenoxy) is 1. The van der Waals surface area contributed by atoms with E-state index in [4.69, 9.17) is 9.26 Å². The Balaban J connectivity index is 2.61. The maximum atomic E-state index is 11.9. The number of nitrogens with zero attached hydrogens (tertiary/aromatic N) is 1. The van der Waals surface area contributed by atoms with Gasteiger partial charge in [-0.05, 0) is 34.1 Å². The van der Waals surface area contributed by atoms with Crippen molar-refractivity contribution in [3.05, 3.63) is 11.8 Å². The first-order chi connectivity index (χ1) is 7.81. The lowest BCUT2D eigenvalue weighted by Crippen LogP contribution is -2.36. The molecule has 5 heteroatoms. The number of hydrogen-bond acceptors (Lipinski definition) is 4. The molecule has 0 aliphatic rings. The highest BCUT2D eigenvalue weighted by Gasteiger charge is 2.24. The summed E-state index contributed by atoms with van der Waals surface area (Å²) in [6.45, 7) is 9.44. The van der Waals surface area contributed by atoms with Gasteiger partial charge in [0, 0.05) is 6.07 Å². The van der Waals surface area contributed by atoms with E-state index in [2.05, 4.69) is 10.5 Å². The molecule has 1 aromatic heterocycles. The lowest BCUT2D eigenvalue weighted by atomic mass is 10.1. The standard InChI is InChI=1S/C12H20N2O3/c1-6-9(16-12(3,4)5)11(15)13-10-7-8(2)17-14-10/h7,9H,6H2,1-5H3,(H,13,14,15). The molecule has 0 aliphatic carbocycles. The van der Waals surface area contributed by atoms with E-state index in [1.165, 1.54) is 0 Å². The Labute approximate surface area is 102 Å². The van der Waals surface area contributed by atoms with Crippen LogP contribution in [0.25, 0.3) is 0 Å². The van der Waals surface area contributed by atoms with E-state index >= 15 is 0 Å². The van der Waals surface area contributed by atoms with E-state index < -0.39 is 6.10 Å². The van der Waals surface area contributed by atoms with Crippen LogP contribution < -0.4 is 5.32 Å². The molecule has 1 heterocycles. The molecule has 1 rings (SSSR count). The highest BCUT2D eigenvalue weighted by Crippen LogP contribution is 2.15. The van der Waals surface area contributed by atoms with Crippen LogP contribution in [0.15, 0.2) is 10.6 Å². The fraction of sp³-hybridized carbons (Fsp3) is 0.667. The number of rotatable bonds is 4. The first-order valence-electron chi connectivity index (χ1n) is 5.74. The summed E-state index contributed by atoms with van der Waals surface area (Å²) in [5, 5.41) is 6.37. The third kappa shape index (κ3) is 4.56. The van der Waals surface area contributed by atoms with Crippen LogP contribution in [-0.2, 0) is 9.53 Å². The number of aryl methyl sites for hydroxylation is 1. The van der Waals surface area contributed by atoms with Crippen molar-refractivity contribution in [3.8, 4) is 0 Å². The molecule has 1 aromatic rings. The number of hydrogen-bond donors (Lipinski definition) is 1. The van der Waals surface area contributed by atoms with Gasteiger partial charge >= 0.3 is 0 Å². The van der Waals surface area contributed by atoms with E-state index in [9.17, 15) is 4.79 Å². The van der Waals surface area contributed by atoms with E-state index in [-0.39, 0.29) is 11.5 Å². The molecule has 1 N–H and O–H groups in total. The molecule has 17 heavy (non-hydrogen) atoms. The lowest BCUT2D eigenvalue weighted by Gasteiger charge is -2.25. The van der Waals surface area contributed by atoms with Crippen LogP contribution >= 0.6 is 0 Å². The molecule has 1 unspecified atom stereocenters.